The Balaban J connectivity index is 3.35. The Kier molecular flexibility index (Phi) is 4.79. The fourth-order valence-corrected chi connectivity index (χ4v) is 2.58. The van der Waals surface area contributed by atoms with E-state index in [4.69, 9.17) is 10.8 Å². The van der Waals surface area contributed by atoms with E-state index in [0.717, 1.165) is 24.3 Å². The summed E-state index contributed by atoms with van der Waals surface area (Å²) < 4.78 is 60.4. The lowest BCUT2D eigenvalue weighted by Gasteiger charge is -2.14. The second-order valence-electron chi connectivity index (χ2n) is 4.15. The number of halogens is 3. The predicted octanol–water partition coefficient (Wildman–Crippen LogP) is 2.10. The number of hydrogen-bond acceptors (Lipinski definition) is 4. The van der Waals surface area contributed by atoms with Crippen molar-refractivity contribution in [2.24, 2.45) is 5.73 Å². The molecule has 3 N–H and O–H groups in total. The summed E-state index contributed by atoms with van der Waals surface area (Å²) >= 11 is 0. The zero-order valence-corrected chi connectivity index (χ0v) is 11.4. The molecular formula is C12H12F3NO4S. The molecule has 1 unspecified atom stereocenters. The Morgan fingerprint density at radius 3 is 2.43 bits per heavy atom. The van der Waals surface area contributed by atoms with E-state index in [1.54, 1.807) is 0 Å². The van der Waals surface area contributed by atoms with Gasteiger partial charge in [-0.2, -0.15) is 13.2 Å². The van der Waals surface area contributed by atoms with Gasteiger partial charge in [0.1, 0.15) is 0 Å². The summed E-state index contributed by atoms with van der Waals surface area (Å²) in [6, 6.07) is 1.92. The first-order valence-electron chi connectivity index (χ1n) is 5.56. The van der Waals surface area contributed by atoms with Crippen LogP contribution in [0.15, 0.2) is 29.7 Å². The number of hydrogen-bond donors (Lipinski definition) is 2. The van der Waals surface area contributed by atoms with Gasteiger partial charge in [-0.15, -0.1) is 0 Å². The third kappa shape index (κ3) is 3.61. The zero-order chi connectivity index (χ0) is 16.4. The van der Waals surface area contributed by atoms with Gasteiger partial charge >= 0.3 is 11.5 Å². The van der Waals surface area contributed by atoms with Crippen molar-refractivity contribution < 1.29 is 31.5 Å². The van der Waals surface area contributed by atoms with Gasteiger partial charge in [-0.1, -0.05) is 18.7 Å². The van der Waals surface area contributed by atoms with E-state index >= 15 is 0 Å². The quantitative estimate of drug-likeness (QED) is 0.865. The molecule has 5 nitrogen and oxygen atoms in total. The van der Waals surface area contributed by atoms with E-state index in [-0.39, 0.29) is 11.1 Å². The number of sulfone groups is 1. The molecule has 0 aromatic heterocycles. The third-order valence-electron chi connectivity index (χ3n) is 2.67. The maximum Gasteiger partial charge on any atom is 0.501 e. The molecule has 0 bridgehead atoms. The van der Waals surface area contributed by atoms with Crippen LogP contribution in [-0.2, 0) is 14.6 Å². The number of carboxylic acids is 1. The molecule has 0 radical (unpaired) electrons. The van der Waals surface area contributed by atoms with Gasteiger partial charge in [0.2, 0.25) is 0 Å². The van der Waals surface area contributed by atoms with Crippen molar-refractivity contribution in [1.29, 1.82) is 0 Å². The zero-order valence-electron chi connectivity index (χ0n) is 10.6. The second-order valence-corrected chi connectivity index (χ2v) is 6.06. The standard InChI is InChI=1S/C12H12F3NO4S/c1-2-7-5-8(9(16)6-11(17)18)3-4-10(7)21(19,20)12(13,14)15/h2-5,9H,1,6,16H2,(H,17,18). The highest BCUT2D eigenvalue weighted by Gasteiger charge is 2.47. The SMILES string of the molecule is C=Cc1cc(C(N)CC(=O)O)ccc1S(=O)(=O)C(F)(F)F. The molecule has 21 heavy (non-hydrogen) atoms. The van der Waals surface area contributed by atoms with Gasteiger partial charge in [-0.25, -0.2) is 8.42 Å². The topological polar surface area (TPSA) is 97.5 Å². The highest BCUT2D eigenvalue weighted by Crippen LogP contribution is 2.33. The average Bonchev–Trinajstić information content (AvgIpc) is 2.35. The van der Waals surface area contributed by atoms with Crippen molar-refractivity contribution in [3.63, 3.8) is 0 Å². The van der Waals surface area contributed by atoms with Crippen LogP contribution in [0.4, 0.5) is 13.2 Å². The van der Waals surface area contributed by atoms with E-state index in [1.807, 2.05) is 0 Å². The highest BCUT2D eigenvalue weighted by atomic mass is 32.2. The molecule has 0 heterocycles. The van der Waals surface area contributed by atoms with E-state index in [0.29, 0.717) is 0 Å². The van der Waals surface area contributed by atoms with Crippen molar-refractivity contribution in [3.8, 4) is 0 Å². The van der Waals surface area contributed by atoms with Crippen molar-refractivity contribution in [2.75, 3.05) is 0 Å². The molecule has 0 saturated carbocycles. The molecule has 1 aromatic rings. The normalized spacial score (nSPS) is 13.7. The van der Waals surface area contributed by atoms with Gasteiger partial charge in [0.15, 0.2) is 0 Å². The summed E-state index contributed by atoms with van der Waals surface area (Å²) in [5.74, 6) is -1.19. The lowest BCUT2D eigenvalue weighted by atomic mass is 10.0. The third-order valence-corrected chi connectivity index (χ3v) is 4.23. The molecular weight excluding hydrogens is 311 g/mol. The molecule has 0 amide bonds. The van der Waals surface area contributed by atoms with E-state index in [1.165, 1.54) is 0 Å². The fourth-order valence-electron chi connectivity index (χ4n) is 1.63. The summed E-state index contributed by atoms with van der Waals surface area (Å²) in [6.45, 7) is 3.26. The number of nitrogens with two attached hydrogens (primary N) is 1. The molecule has 0 aliphatic heterocycles. The van der Waals surface area contributed by atoms with Gasteiger partial charge in [-0.05, 0) is 23.3 Å². The van der Waals surface area contributed by atoms with Crippen LogP contribution in [0.2, 0.25) is 0 Å². The maximum atomic E-state index is 12.5. The number of rotatable bonds is 5. The highest BCUT2D eigenvalue weighted by molar-refractivity contribution is 7.92. The minimum atomic E-state index is -5.51. The first-order valence-corrected chi connectivity index (χ1v) is 7.04. The van der Waals surface area contributed by atoms with E-state index in [2.05, 4.69) is 6.58 Å². The molecule has 0 aliphatic rings. The predicted molar refractivity (Wildman–Crippen MR) is 69.0 cm³/mol. The number of benzene rings is 1. The Bertz CT molecular complexity index is 668. The monoisotopic (exact) mass is 323 g/mol. The maximum absolute atomic E-state index is 12.5. The van der Waals surface area contributed by atoms with Crippen LogP contribution in [0.1, 0.15) is 23.6 Å². The van der Waals surface area contributed by atoms with Gasteiger partial charge in [0, 0.05) is 6.04 Å². The van der Waals surface area contributed by atoms with Crippen LogP contribution < -0.4 is 5.73 Å². The number of carboxylic acid groups (broad SMARTS) is 1. The Hall–Kier alpha value is -1.87. The number of carbonyl (C=O) groups is 1. The van der Waals surface area contributed by atoms with Crippen molar-refractivity contribution in [1.82, 2.24) is 0 Å². The van der Waals surface area contributed by atoms with E-state index in [9.17, 15) is 26.4 Å². The molecule has 0 fully saturated rings. The Labute approximate surface area is 118 Å². The molecule has 0 aliphatic carbocycles. The molecule has 1 rings (SSSR count). The average molecular weight is 323 g/mol. The van der Waals surface area contributed by atoms with Crippen molar-refractivity contribution in [2.45, 2.75) is 22.9 Å². The summed E-state index contributed by atoms with van der Waals surface area (Å²) in [5, 5.41) is 8.62. The van der Waals surface area contributed by atoms with Gasteiger partial charge in [0.25, 0.3) is 9.84 Å². The largest absolute Gasteiger partial charge is 0.501 e. The summed E-state index contributed by atoms with van der Waals surface area (Å²) in [4.78, 5) is 9.60. The van der Waals surface area contributed by atoms with Crippen LogP contribution in [0, 0.1) is 0 Å². The van der Waals surface area contributed by atoms with Crippen LogP contribution >= 0.6 is 0 Å². The van der Waals surface area contributed by atoms with E-state index < -0.39 is 38.7 Å². The minimum Gasteiger partial charge on any atom is -0.481 e. The summed E-state index contributed by atoms with van der Waals surface area (Å²) in [7, 11) is -5.51. The molecule has 0 saturated heterocycles. The summed E-state index contributed by atoms with van der Waals surface area (Å²) in [5.41, 5.74) is 0.0584. The molecule has 1 atom stereocenters. The number of alkyl halides is 3. The first kappa shape index (κ1) is 17.2. The number of aliphatic carboxylic acids is 1. The van der Waals surface area contributed by atoms with Crippen LogP contribution in [0.5, 0.6) is 0 Å². The van der Waals surface area contributed by atoms with Gasteiger partial charge in [0.05, 0.1) is 11.3 Å². The Morgan fingerprint density at radius 1 is 1.43 bits per heavy atom. The van der Waals surface area contributed by atoms with Crippen LogP contribution in [0.3, 0.4) is 0 Å². The lowest BCUT2D eigenvalue weighted by molar-refractivity contribution is -0.137. The van der Waals surface area contributed by atoms with Crippen LogP contribution in [0.25, 0.3) is 6.08 Å². The van der Waals surface area contributed by atoms with Gasteiger partial charge < -0.3 is 10.8 Å². The molecule has 1 aromatic carbocycles. The van der Waals surface area contributed by atoms with Crippen molar-refractivity contribution >= 4 is 21.9 Å². The smallest absolute Gasteiger partial charge is 0.481 e. The lowest BCUT2D eigenvalue weighted by Crippen LogP contribution is -2.24. The molecule has 0 spiro atoms. The van der Waals surface area contributed by atoms with Crippen LogP contribution in [-0.4, -0.2) is 25.0 Å². The second kappa shape index (κ2) is 5.86. The first-order chi connectivity index (χ1) is 9.50. The fraction of sp³-hybridized carbons (Fsp3) is 0.250. The molecule has 9 heteroatoms. The van der Waals surface area contributed by atoms with Gasteiger partial charge in [-0.3, -0.25) is 4.79 Å². The Morgan fingerprint density at radius 2 is 2.00 bits per heavy atom. The minimum absolute atomic E-state index is 0.202. The summed E-state index contributed by atoms with van der Waals surface area (Å²) in [6.07, 6.45) is 0.498. The molecule has 116 valence electrons. The van der Waals surface area contributed by atoms with Crippen molar-refractivity contribution in [3.05, 3.63) is 35.9 Å².